The molecule has 1 aromatic carbocycles. The van der Waals surface area contributed by atoms with Gasteiger partial charge < -0.3 is 14.6 Å². The third kappa shape index (κ3) is 3.09. The zero-order chi connectivity index (χ0) is 13.1. The maximum absolute atomic E-state index is 10.5. The minimum absolute atomic E-state index is 0.0419. The Hall–Kier alpha value is -0.940. The van der Waals surface area contributed by atoms with E-state index in [9.17, 15) is 4.79 Å². The molecule has 1 N–H and O–H groups in total. The maximum atomic E-state index is 10.5. The van der Waals surface area contributed by atoms with Gasteiger partial charge in [0.2, 0.25) is 0 Å². The van der Waals surface area contributed by atoms with Crippen LogP contribution in [0.4, 0.5) is 0 Å². The van der Waals surface area contributed by atoms with E-state index in [1.807, 2.05) is 6.07 Å². The number of ether oxygens (including phenoxy) is 2. The average molecular weight is 336 g/mol. The van der Waals surface area contributed by atoms with Gasteiger partial charge in [0, 0.05) is 6.42 Å². The molecule has 98 valence electrons. The molecule has 0 fully saturated rings. The number of carboxylic acids is 1. The number of carbonyl (C=O) groups is 1. The smallest absolute Gasteiger partial charge is 0.303 e. The Morgan fingerprint density at radius 1 is 1.44 bits per heavy atom. The van der Waals surface area contributed by atoms with E-state index in [0.29, 0.717) is 31.1 Å². The van der Waals surface area contributed by atoms with Crippen LogP contribution in [0.2, 0.25) is 0 Å². The number of rotatable bonds is 4. The van der Waals surface area contributed by atoms with Crippen molar-refractivity contribution in [2.75, 3.05) is 13.2 Å². The molecule has 1 heterocycles. The first-order valence-electron chi connectivity index (χ1n) is 5.53. The monoisotopic (exact) mass is 334 g/mol. The second-order valence-corrected chi connectivity index (χ2v) is 5.31. The van der Waals surface area contributed by atoms with E-state index < -0.39 is 5.97 Å². The highest BCUT2D eigenvalue weighted by Crippen LogP contribution is 2.41. The topological polar surface area (TPSA) is 55.8 Å². The van der Waals surface area contributed by atoms with Crippen LogP contribution in [0.25, 0.3) is 0 Å². The number of alkyl halides is 1. The van der Waals surface area contributed by atoms with Crippen LogP contribution in [0.15, 0.2) is 16.6 Å². The van der Waals surface area contributed by atoms with Crippen LogP contribution in [0, 0.1) is 0 Å². The Bertz CT molecular complexity index is 464. The van der Waals surface area contributed by atoms with Crippen molar-refractivity contribution in [1.29, 1.82) is 0 Å². The highest BCUT2D eigenvalue weighted by Gasteiger charge is 2.19. The minimum atomic E-state index is -0.850. The van der Waals surface area contributed by atoms with E-state index in [4.69, 9.17) is 26.2 Å². The van der Waals surface area contributed by atoms with Crippen molar-refractivity contribution < 1.29 is 19.4 Å². The van der Waals surface area contributed by atoms with Gasteiger partial charge in [0.1, 0.15) is 13.2 Å². The molecule has 1 aliphatic rings. The van der Waals surface area contributed by atoms with Crippen LogP contribution in [0.5, 0.6) is 11.5 Å². The molecule has 0 bridgehead atoms. The van der Waals surface area contributed by atoms with Crippen molar-refractivity contribution in [1.82, 2.24) is 0 Å². The minimum Gasteiger partial charge on any atom is -0.486 e. The quantitative estimate of drug-likeness (QED) is 0.857. The van der Waals surface area contributed by atoms with Crippen molar-refractivity contribution in [2.24, 2.45) is 0 Å². The summed E-state index contributed by atoms with van der Waals surface area (Å²) in [6, 6.07) is 3.64. The van der Waals surface area contributed by atoms with Gasteiger partial charge in [-0.2, -0.15) is 0 Å². The molecule has 0 saturated carbocycles. The second kappa shape index (κ2) is 5.80. The van der Waals surface area contributed by atoms with E-state index in [-0.39, 0.29) is 11.8 Å². The second-order valence-electron chi connectivity index (χ2n) is 3.93. The summed E-state index contributed by atoms with van der Waals surface area (Å²) in [6.45, 7) is 1.03. The molecule has 6 heteroatoms. The number of benzene rings is 1. The van der Waals surface area contributed by atoms with Crippen molar-refractivity contribution in [3.8, 4) is 11.5 Å². The summed E-state index contributed by atoms with van der Waals surface area (Å²) in [5.41, 5.74) is 0.828. The van der Waals surface area contributed by atoms with E-state index in [2.05, 4.69) is 15.9 Å². The number of hydrogen-bond donors (Lipinski definition) is 1. The molecule has 1 atom stereocenters. The van der Waals surface area contributed by atoms with Gasteiger partial charge in [-0.05, 0) is 40.0 Å². The molecule has 0 radical (unpaired) electrons. The molecule has 0 aliphatic carbocycles. The molecule has 0 aromatic heterocycles. The van der Waals surface area contributed by atoms with Crippen LogP contribution < -0.4 is 9.47 Å². The van der Waals surface area contributed by atoms with E-state index >= 15 is 0 Å². The Balaban J connectivity index is 2.18. The van der Waals surface area contributed by atoms with Crippen LogP contribution in [-0.2, 0) is 4.79 Å². The zero-order valence-electron chi connectivity index (χ0n) is 9.49. The van der Waals surface area contributed by atoms with Gasteiger partial charge >= 0.3 is 5.97 Å². The van der Waals surface area contributed by atoms with Crippen molar-refractivity contribution >= 4 is 33.5 Å². The standard InChI is InChI=1S/C12H12BrClO4/c13-8-5-7(9(14)1-2-11(15)16)6-10-12(8)18-4-3-17-10/h5-6,9H,1-4H2,(H,15,16). The fourth-order valence-electron chi connectivity index (χ4n) is 1.73. The third-order valence-corrected chi connectivity index (χ3v) is 3.65. The third-order valence-electron chi connectivity index (χ3n) is 2.59. The lowest BCUT2D eigenvalue weighted by atomic mass is 10.1. The molecule has 0 spiro atoms. The molecule has 1 unspecified atom stereocenters. The summed E-state index contributed by atoms with van der Waals surface area (Å²) in [5.74, 6) is 0.468. The lowest BCUT2D eigenvalue weighted by Crippen LogP contribution is -2.16. The van der Waals surface area contributed by atoms with Crippen molar-refractivity contribution in [3.63, 3.8) is 0 Å². The predicted octanol–water partition coefficient (Wildman–Crippen LogP) is 3.37. The number of hydrogen-bond acceptors (Lipinski definition) is 3. The summed E-state index contributed by atoms with van der Waals surface area (Å²) in [6.07, 6.45) is 0.420. The number of carboxylic acid groups (broad SMARTS) is 1. The molecule has 2 rings (SSSR count). The largest absolute Gasteiger partial charge is 0.486 e. The van der Waals surface area contributed by atoms with Gasteiger partial charge in [0.05, 0.1) is 9.85 Å². The summed E-state index contributed by atoms with van der Waals surface area (Å²) in [7, 11) is 0. The van der Waals surface area contributed by atoms with Crippen LogP contribution in [0.1, 0.15) is 23.8 Å². The Morgan fingerprint density at radius 3 is 2.89 bits per heavy atom. The number of halogens is 2. The van der Waals surface area contributed by atoms with E-state index in [1.54, 1.807) is 6.07 Å². The molecule has 4 nitrogen and oxygen atoms in total. The fraction of sp³-hybridized carbons (Fsp3) is 0.417. The first-order chi connectivity index (χ1) is 8.58. The van der Waals surface area contributed by atoms with Gasteiger partial charge in [0.25, 0.3) is 0 Å². The summed E-state index contributed by atoms with van der Waals surface area (Å²) in [5, 5.41) is 8.29. The molecule has 1 aromatic rings. The number of aliphatic carboxylic acids is 1. The summed E-state index contributed by atoms with van der Waals surface area (Å²) >= 11 is 9.59. The molecular weight excluding hydrogens is 323 g/mol. The van der Waals surface area contributed by atoms with Crippen LogP contribution in [-0.4, -0.2) is 24.3 Å². The lowest BCUT2D eigenvalue weighted by molar-refractivity contribution is -0.137. The molecule has 18 heavy (non-hydrogen) atoms. The summed E-state index contributed by atoms with van der Waals surface area (Å²) < 4.78 is 11.7. The maximum Gasteiger partial charge on any atom is 0.303 e. The van der Waals surface area contributed by atoms with Gasteiger partial charge in [-0.25, -0.2) is 0 Å². The van der Waals surface area contributed by atoms with Gasteiger partial charge in [0.15, 0.2) is 11.5 Å². The highest BCUT2D eigenvalue weighted by molar-refractivity contribution is 9.10. The molecule has 0 saturated heterocycles. The normalized spacial score (nSPS) is 15.2. The Labute approximate surface area is 118 Å². The van der Waals surface area contributed by atoms with Crippen molar-refractivity contribution in [3.05, 3.63) is 22.2 Å². The van der Waals surface area contributed by atoms with E-state index in [1.165, 1.54) is 0 Å². The number of fused-ring (bicyclic) bond motifs is 1. The summed E-state index contributed by atoms with van der Waals surface area (Å²) in [4.78, 5) is 10.5. The predicted molar refractivity (Wildman–Crippen MR) is 70.6 cm³/mol. The SMILES string of the molecule is O=C(O)CCC(Cl)c1cc(Br)c2c(c1)OCCO2. The molecule has 0 amide bonds. The highest BCUT2D eigenvalue weighted by atomic mass is 79.9. The molecular formula is C12H12BrClO4. The first-order valence-corrected chi connectivity index (χ1v) is 6.76. The molecule has 1 aliphatic heterocycles. The van der Waals surface area contributed by atoms with Gasteiger partial charge in [-0.3, -0.25) is 4.79 Å². The van der Waals surface area contributed by atoms with Crippen LogP contribution >= 0.6 is 27.5 Å². The van der Waals surface area contributed by atoms with Gasteiger partial charge in [-0.15, -0.1) is 11.6 Å². The van der Waals surface area contributed by atoms with Crippen molar-refractivity contribution in [2.45, 2.75) is 18.2 Å². The zero-order valence-corrected chi connectivity index (χ0v) is 11.8. The Morgan fingerprint density at radius 2 is 2.17 bits per heavy atom. The first kappa shape index (κ1) is 13.5. The van der Waals surface area contributed by atoms with Gasteiger partial charge in [-0.1, -0.05) is 0 Å². The fourth-order valence-corrected chi connectivity index (χ4v) is 2.54. The van der Waals surface area contributed by atoms with E-state index in [0.717, 1.165) is 10.0 Å². The van der Waals surface area contributed by atoms with Crippen LogP contribution in [0.3, 0.4) is 0 Å². The average Bonchev–Trinajstić information content (AvgIpc) is 2.36. The lowest BCUT2D eigenvalue weighted by Gasteiger charge is -2.21. The Kier molecular flexibility index (Phi) is 4.35.